The van der Waals surface area contributed by atoms with Gasteiger partial charge in [-0.2, -0.15) is 0 Å². The molecule has 1 heterocycles. The SMILES string of the molecule is CC1=[C]([Ti+2]2([C]3=CC(C(C)(C)C)=CC3C)[CH2][CH2]2)CC(C(C)(C)C)=C1.[Cl-].[Cl-]. The van der Waals surface area contributed by atoms with Crippen molar-refractivity contribution in [1.29, 1.82) is 0 Å². The first kappa shape index (κ1) is 23.3. The van der Waals surface area contributed by atoms with E-state index in [2.05, 4.69) is 73.6 Å². The van der Waals surface area contributed by atoms with Crippen LogP contribution in [0.3, 0.4) is 0 Å². The first-order valence-electron chi connectivity index (χ1n) is 9.31. The molecule has 2 aliphatic carbocycles. The minimum absolute atomic E-state index is 0. The second-order valence-electron chi connectivity index (χ2n) is 10.1. The zero-order valence-corrected chi connectivity index (χ0v) is 20.3. The van der Waals surface area contributed by atoms with E-state index in [1.807, 2.05) is 7.76 Å². The van der Waals surface area contributed by atoms with Gasteiger partial charge in [-0.25, -0.2) is 0 Å². The van der Waals surface area contributed by atoms with Crippen LogP contribution in [0, 0.1) is 16.7 Å². The second-order valence-corrected chi connectivity index (χ2v) is 16.9. The molecule has 0 aromatic carbocycles. The van der Waals surface area contributed by atoms with E-state index in [-0.39, 0.29) is 24.8 Å². The van der Waals surface area contributed by atoms with Gasteiger partial charge in [0, 0.05) is 0 Å². The Morgan fingerprint density at radius 2 is 1.48 bits per heavy atom. The predicted molar refractivity (Wildman–Crippen MR) is 99.3 cm³/mol. The molecule has 0 bridgehead atoms. The molecule has 1 aliphatic heterocycles. The molecule has 3 heteroatoms. The van der Waals surface area contributed by atoms with Gasteiger partial charge in [0.1, 0.15) is 0 Å². The Labute approximate surface area is 171 Å². The van der Waals surface area contributed by atoms with Crippen LogP contribution in [0.1, 0.15) is 61.8 Å². The maximum absolute atomic E-state index is 2.63. The van der Waals surface area contributed by atoms with Gasteiger partial charge >= 0.3 is 147 Å². The molecule has 0 spiro atoms. The fraction of sp³-hybridized carbons (Fsp3) is 0.636. The quantitative estimate of drug-likeness (QED) is 0.592. The molecular formula is C22H34Cl2Ti. The third kappa shape index (κ3) is 4.24. The van der Waals surface area contributed by atoms with Crippen LogP contribution < -0.4 is 24.8 Å². The van der Waals surface area contributed by atoms with Crippen molar-refractivity contribution in [3.05, 3.63) is 42.7 Å². The Bertz CT molecular complexity index is 659. The molecule has 1 saturated heterocycles. The van der Waals surface area contributed by atoms with Crippen molar-refractivity contribution in [3.63, 3.8) is 0 Å². The van der Waals surface area contributed by atoms with Crippen LogP contribution >= 0.6 is 0 Å². The van der Waals surface area contributed by atoms with Crippen molar-refractivity contribution in [2.75, 3.05) is 0 Å². The van der Waals surface area contributed by atoms with Gasteiger partial charge < -0.3 is 24.8 Å². The number of rotatable bonds is 2. The van der Waals surface area contributed by atoms with E-state index in [9.17, 15) is 0 Å². The van der Waals surface area contributed by atoms with E-state index in [1.165, 1.54) is 6.42 Å². The van der Waals surface area contributed by atoms with Crippen LogP contribution in [0.5, 0.6) is 0 Å². The number of halogens is 2. The maximum atomic E-state index is 2.63. The molecule has 0 N–H and O–H groups in total. The number of hydrogen-bond donors (Lipinski definition) is 0. The summed E-state index contributed by atoms with van der Waals surface area (Å²) in [6.45, 7) is 19.0. The Balaban J connectivity index is 0.00000156. The first-order valence-corrected chi connectivity index (χ1v) is 13.1. The van der Waals surface area contributed by atoms with Gasteiger partial charge in [0.25, 0.3) is 0 Å². The van der Waals surface area contributed by atoms with Gasteiger partial charge in [0.2, 0.25) is 0 Å². The Hall–Kier alpha value is 0.254. The fourth-order valence-electron chi connectivity index (χ4n) is 4.39. The minimum atomic E-state index is -1.91. The molecule has 0 aromatic rings. The molecule has 3 rings (SSSR count). The molecule has 25 heavy (non-hydrogen) atoms. The van der Waals surface area contributed by atoms with Crippen molar-refractivity contribution >= 4 is 0 Å². The Kier molecular flexibility index (Phi) is 6.84. The summed E-state index contributed by atoms with van der Waals surface area (Å²) >= 11 is -1.91. The van der Waals surface area contributed by atoms with Crippen LogP contribution in [-0.4, -0.2) is 0 Å². The summed E-state index contributed by atoms with van der Waals surface area (Å²) in [5, 5.41) is 0. The van der Waals surface area contributed by atoms with Crippen molar-refractivity contribution < 1.29 is 41.4 Å². The second kappa shape index (κ2) is 7.35. The average molecular weight is 417 g/mol. The molecule has 3 aliphatic rings. The van der Waals surface area contributed by atoms with E-state index in [0.717, 1.165) is 0 Å². The van der Waals surface area contributed by atoms with Gasteiger partial charge in [-0.15, -0.1) is 0 Å². The summed E-state index contributed by atoms with van der Waals surface area (Å²) in [5.41, 5.74) is 5.49. The van der Waals surface area contributed by atoms with Crippen LogP contribution in [-0.2, 0) is 16.6 Å². The summed E-state index contributed by atoms with van der Waals surface area (Å²) in [5.74, 6) is 0.686. The fourth-order valence-corrected chi connectivity index (χ4v) is 13.1. The zero-order chi connectivity index (χ0) is 17.2. The number of allylic oxidation sites excluding steroid dienone is 8. The molecule has 0 radical (unpaired) electrons. The van der Waals surface area contributed by atoms with E-state index < -0.39 is 16.6 Å². The third-order valence-electron chi connectivity index (χ3n) is 6.17. The minimum Gasteiger partial charge on any atom is -1.00 e. The Morgan fingerprint density at radius 3 is 1.84 bits per heavy atom. The van der Waals surface area contributed by atoms with Crippen LogP contribution in [0.2, 0.25) is 9.45 Å². The van der Waals surface area contributed by atoms with Crippen molar-refractivity contribution in [1.82, 2.24) is 0 Å². The summed E-state index contributed by atoms with van der Waals surface area (Å²) in [6.07, 6.45) is 9.00. The molecular weight excluding hydrogens is 383 g/mol. The molecule has 0 amide bonds. The first-order chi connectivity index (χ1) is 10.4. The smallest absolute Gasteiger partial charge is 1.00 e. The van der Waals surface area contributed by atoms with E-state index in [4.69, 9.17) is 0 Å². The van der Waals surface area contributed by atoms with E-state index >= 15 is 0 Å². The Morgan fingerprint density at radius 1 is 0.920 bits per heavy atom. The molecule has 1 fully saturated rings. The summed E-state index contributed by atoms with van der Waals surface area (Å²) in [4.78, 5) is 0. The summed E-state index contributed by atoms with van der Waals surface area (Å²) in [6, 6.07) is 0. The van der Waals surface area contributed by atoms with Crippen LogP contribution in [0.4, 0.5) is 0 Å². The largest absolute Gasteiger partial charge is 1.00 e. The van der Waals surface area contributed by atoms with Gasteiger partial charge in [-0.05, 0) is 0 Å². The van der Waals surface area contributed by atoms with Crippen LogP contribution in [0.15, 0.2) is 42.7 Å². The van der Waals surface area contributed by atoms with Gasteiger partial charge in [-0.1, -0.05) is 0 Å². The van der Waals surface area contributed by atoms with Crippen molar-refractivity contribution in [2.24, 2.45) is 16.7 Å². The maximum Gasteiger partial charge on any atom is -1.00 e. The average Bonchev–Trinajstić information content (AvgIpc) is 2.90. The predicted octanol–water partition coefficient (Wildman–Crippen LogP) is 1.15. The normalized spacial score (nSPS) is 23.7. The summed E-state index contributed by atoms with van der Waals surface area (Å²) in [7, 11) is 0. The molecule has 1 unspecified atom stereocenters. The molecule has 0 saturated carbocycles. The van der Waals surface area contributed by atoms with Crippen molar-refractivity contribution in [3.8, 4) is 0 Å². The monoisotopic (exact) mass is 416 g/mol. The van der Waals surface area contributed by atoms with Crippen LogP contribution in [0.25, 0.3) is 0 Å². The van der Waals surface area contributed by atoms with Gasteiger partial charge in [0.05, 0.1) is 0 Å². The standard InChI is InChI=1S/2C10H15.C2H4.2ClH.Ti/c2*1-8-5-6-9(7-8)10(2,3)4;1-2;;;/h7H,6H2,1-4H3;6-8H,1-4H3;1-2H2;2*1H;/q;;;;;+2/p-2. The zero-order valence-electron chi connectivity index (χ0n) is 17.2. The topological polar surface area (TPSA) is 0 Å². The van der Waals surface area contributed by atoms with E-state index in [1.54, 1.807) is 26.2 Å². The molecule has 0 aromatic heterocycles. The van der Waals surface area contributed by atoms with Crippen molar-refractivity contribution in [2.45, 2.75) is 71.3 Å². The third-order valence-corrected chi connectivity index (χ3v) is 13.9. The molecule has 1 atom stereocenters. The van der Waals surface area contributed by atoms with Gasteiger partial charge in [-0.3, -0.25) is 0 Å². The van der Waals surface area contributed by atoms with E-state index in [0.29, 0.717) is 16.7 Å². The summed E-state index contributed by atoms with van der Waals surface area (Å²) < 4.78 is 6.88. The molecule has 0 nitrogen and oxygen atoms in total. The number of hydrogen-bond acceptors (Lipinski definition) is 0. The molecule has 140 valence electrons. The van der Waals surface area contributed by atoms with Gasteiger partial charge in [0.15, 0.2) is 0 Å².